The lowest BCUT2D eigenvalue weighted by Crippen LogP contribution is -2.33. The second-order valence-corrected chi connectivity index (χ2v) is 6.62. The lowest BCUT2D eigenvalue weighted by Gasteiger charge is -2.23. The average molecular weight is 325 g/mol. The van der Waals surface area contributed by atoms with Gasteiger partial charge in [-0.2, -0.15) is 0 Å². The fourth-order valence-electron chi connectivity index (χ4n) is 2.80. The number of rotatable bonds is 4. The first-order chi connectivity index (χ1) is 9.15. The normalized spacial score (nSPS) is 21.7. The van der Waals surface area contributed by atoms with E-state index in [2.05, 4.69) is 58.6 Å². The first kappa shape index (κ1) is 14.9. The molecule has 0 saturated carbocycles. The molecule has 0 aliphatic carbocycles. The Balaban J connectivity index is 1.89. The minimum Gasteiger partial charge on any atom is -0.382 e. The van der Waals surface area contributed by atoms with Gasteiger partial charge in [0.15, 0.2) is 0 Å². The van der Waals surface area contributed by atoms with Crippen LogP contribution in [0.4, 0.5) is 5.69 Å². The van der Waals surface area contributed by atoms with Gasteiger partial charge in [-0.15, -0.1) is 0 Å². The number of anilines is 1. The molecule has 19 heavy (non-hydrogen) atoms. The van der Waals surface area contributed by atoms with Crippen molar-refractivity contribution in [2.75, 3.05) is 11.9 Å². The van der Waals surface area contributed by atoms with Crippen molar-refractivity contribution in [2.24, 2.45) is 0 Å². The van der Waals surface area contributed by atoms with E-state index in [9.17, 15) is 0 Å². The van der Waals surface area contributed by atoms with Gasteiger partial charge < -0.3 is 10.6 Å². The summed E-state index contributed by atoms with van der Waals surface area (Å²) >= 11 is 3.62. The van der Waals surface area contributed by atoms with Crippen molar-refractivity contribution < 1.29 is 0 Å². The van der Waals surface area contributed by atoms with Crippen LogP contribution in [-0.2, 0) is 0 Å². The van der Waals surface area contributed by atoms with Crippen molar-refractivity contribution in [1.82, 2.24) is 5.32 Å². The highest BCUT2D eigenvalue weighted by Gasteiger charge is 2.15. The number of benzene rings is 1. The zero-order chi connectivity index (χ0) is 13.7. The van der Waals surface area contributed by atoms with Crippen LogP contribution in [0, 0.1) is 6.92 Å². The molecule has 1 saturated heterocycles. The second kappa shape index (κ2) is 7.30. The zero-order valence-corrected chi connectivity index (χ0v) is 13.6. The van der Waals surface area contributed by atoms with E-state index in [-0.39, 0.29) is 0 Å². The third kappa shape index (κ3) is 4.81. The molecule has 1 aromatic rings. The number of halogens is 1. The quantitative estimate of drug-likeness (QED) is 0.853. The van der Waals surface area contributed by atoms with Gasteiger partial charge in [0.2, 0.25) is 0 Å². The monoisotopic (exact) mass is 324 g/mol. The molecule has 1 fully saturated rings. The van der Waals surface area contributed by atoms with Crippen molar-refractivity contribution >= 4 is 21.6 Å². The predicted octanol–water partition coefficient (Wildman–Crippen LogP) is 4.48. The maximum Gasteiger partial charge on any atom is 0.0489 e. The summed E-state index contributed by atoms with van der Waals surface area (Å²) in [5.41, 5.74) is 2.51. The topological polar surface area (TPSA) is 24.1 Å². The lowest BCUT2D eigenvalue weighted by molar-refractivity contribution is 0.456. The Labute approximate surface area is 125 Å². The summed E-state index contributed by atoms with van der Waals surface area (Å²) in [4.78, 5) is 0. The van der Waals surface area contributed by atoms with Crippen molar-refractivity contribution in [2.45, 2.75) is 58.0 Å². The highest BCUT2D eigenvalue weighted by molar-refractivity contribution is 9.10. The summed E-state index contributed by atoms with van der Waals surface area (Å²) in [6.07, 6.45) is 6.61. The summed E-state index contributed by atoms with van der Waals surface area (Å²) in [6, 6.07) is 7.63. The molecule has 0 amide bonds. The standard InChI is InChI=1S/C16H25BrN2/c1-12-7-8-15(17)16(10-12)19-13(2)11-14-6-4-3-5-9-18-14/h7-8,10,13-14,18-19H,3-6,9,11H2,1-2H3. The Bertz CT molecular complexity index is 398. The Kier molecular flexibility index (Phi) is 5.71. The number of hydrogen-bond donors (Lipinski definition) is 2. The third-order valence-electron chi connectivity index (χ3n) is 3.82. The van der Waals surface area contributed by atoms with E-state index in [1.807, 2.05) is 0 Å². The Morgan fingerprint density at radius 1 is 1.37 bits per heavy atom. The molecule has 0 bridgehead atoms. The lowest BCUT2D eigenvalue weighted by atomic mass is 10.0. The molecule has 1 aliphatic rings. The molecule has 2 N–H and O–H groups in total. The van der Waals surface area contributed by atoms with Gasteiger partial charge in [0.1, 0.15) is 0 Å². The van der Waals surface area contributed by atoms with E-state index in [0.717, 1.165) is 4.47 Å². The van der Waals surface area contributed by atoms with Gasteiger partial charge in [0.25, 0.3) is 0 Å². The van der Waals surface area contributed by atoms with Gasteiger partial charge in [-0.3, -0.25) is 0 Å². The molecule has 1 aromatic carbocycles. The molecule has 0 spiro atoms. The van der Waals surface area contributed by atoms with Gasteiger partial charge in [-0.05, 0) is 73.3 Å². The highest BCUT2D eigenvalue weighted by Crippen LogP contribution is 2.25. The third-order valence-corrected chi connectivity index (χ3v) is 4.52. The minimum atomic E-state index is 0.494. The molecule has 2 rings (SSSR count). The Morgan fingerprint density at radius 2 is 2.21 bits per heavy atom. The van der Waals surface area contributed by atoms with Crippen LogP contribution in [0.5, 0.6) is 0 Å². The first-order valence-electron chi connectivity index (χ1n) is 7.41. The molecule has 0 radical (unpaired) electrons. The molecule has 2 unspecified atom stereocenters. The van der Waals surface area contributed by atoms with Crippen LogP contribution in [0.15, 0.2) is 22.7 Å². The predicted molar refractivity (Wildman–Crippen MR) is 86.8 cm³/mol. The smallest absolute Gasteiger partial charge is 0.0489 e. The van der Waals surface area contributed by atoms with Crippen molar-refractivity contribution in [3.05, 3.63) is 28.2 Å². The summed E-state index contributed by atoms with van der Waals surface area (Å²) in [5.74, 6) is 0. The molecule has 3 heteroatoms. The molecule has 2 atom stereocenters. The molecule has 1 aliphatic heterocycles. The van der Waals surface area contributed by atoms with E-state index >= 15 is 0 Å². The molecule has 1 heterocycles. The van der Waals surface area contributed by atoms with Crippen molar-refractivity contribution in [3.63, 3.8) is 0 Å². The van der Waals surface area contributed by atoms with Gasteiger partial charge in [-0.1, -0.05) is 18.9 Å². The van der Waals surface area contributed by atoms with E-state index in [4.69, 9.17) is 0 Å². The SMILES string of the molecule is Cc1ccc(Br)c(NC(C)CC2CCCCCN2)c1. The van der Waals surface area contributed by atoms with E-state index in [1.54, 1.807) is 0 Å². The number of aryl methyl sites for hydroxylation is 1. The zero-order valence-electron chi connectivity index (χ0n) is 12.0. The fraction of sp³-hybridized carbons (Fsp3) is 0.625. The summed E-state index contributed by atoms with van der Waals surface area (Å²) < 4.78 is 1.15. The molecular formula is C16H25BrN2. The fourth-order valence-corrected chi connectivity index (χ4v) is 3.16. The molecule has 0 aromatic heterocycles. The molecule has 106 valence electrons. The number of hydrogen-bond acceptors (Lipinski definition) is 2. The summed E-state index contributed by atoms with van der Waals surface area (Å²) in [6.45, 7) is 5.60. The van der Waals surface area contributed by atoms with Crippen LogP contribution in [0.2, 0.25) is 0 Å². The van der Waals surface area contributed by atoms with Crippen LogP contribution >= 0.6 is 15.9 Å². The van der Waals surface area contributed by atoms with Crippen LogP contribution in [0.1, 0.15) is 44.6 Å². The van der Waals surface area contributed by atoms with Gasteiger partial charge in [-0.25, -0.2) is 0 Å². The highest BCUT2D eigenvalue weighted by atomic mass is 79.9. The average Bonchev–Trinajstić information content (AvgIpc) is 2.62. The van der Waals surface area contributed by atoms with E-state index in [0.29, 0.717) is 12.1 Å². The number of nitrogens with one attached hydrogen (secondary N) is 2. The second-order valence-electron chi connectivity index (χ2n) is 5.76. The van der Waals surface area contributed by atoms with Crippen LogP contribution in [0.25, 0.3) is 0 Å². The maximum atomic E-state index is 3.67. The van der Waals surface area contributed by atoms with Crippen LogP contribution in [-0.4, -0.2) is 18.6 Å². The van der Waals surface area contributed by atoms with Crippen LogP contribution < -0.4 is 10.6 Å². The summed E-state index contributed by atoms with van der Waals surface area (Å²) in [5, 5.41) is 7.30. The molecule has 2 nitrogen and oxygen atoms in total. The Hall–Kier alpha value is -0.540. The van der Waals surface area contributed by atoms with E-state index in [1.165, 1.54) is 49.9 Å². The van der Waals surface area contributed by atoms with Gasteiger partial charge in [0.05, 0.1) is 0 Å². The minimum absolute atomic E-state index is 0.494. The maximum absolute atomic E-state index is 3.67. The van der Waals surface area contributed by atoms with E-state index < -0.39 is 0 Å². The first-order valence-corrected chi connectivity index (χ1v) is 8.20. The summed E-state index contributed by atoms with van der Waals surface area (Å²) in [7, 11) is 0. The Morgan fingerprint density at radius 3 is 3.05 bits per heavy atom. The van der Waals surface area contributed by atoms with Crippen molar-refractivity contribution in [1.29, 1.82) is 0 Å². The van der Waals surface area contributed by atoms with Gasteiger partial charge >= 0.3 is 0 Å². The van der Waals surface area contributed by atoms with Gasteiger partial charge in [0, 0.05) is 22.2 Å². The van der Waals surface area contributed by atoms with Crippen LogP contribution in [0.3, 0.4) is 0 Å². The largest absolute Gasteiger partial charge is 0.382 e. The van der Waals surface area contributed by atoms with Crippen molar-refractivity contribution in [3.8, 4) is 0 Å². The molecular weight excluding hydrogens is 300 g/mol.